The molecule has 5 heterocycles. The molecule has 0 fully saturated rings. The molecular formula is C21H16N5+. The number of rotatable bonds is 1. The molecule has 0 bridgehead atoms. The monoisotopic (exact) mass is 338 g/mol. The van der Waals surface area contributed by atoms with Gasteiger partial charge in [-0.2, -0.15) is 4.57 Å². The van der Waals surface area contributed by atoms with Crippen LogP contribution in [0.4, 0.5) is 0 Å². The predicted molar refractivity (Wildman–Crippen MR) is 100 cm³/mol. The topological polar surface area (TPSA) is 39.5 Å². The Balaban J connectivity index is 1.87. The maximum absolute atomic E-state index is 4.70. The summed E-state index contributed by atoms with van der Waals surface area (Å²) >= 11 is 0. The molecule has 1 aliphatic rings. The van der Waals surface area contributed by atoms with Crippen molar-refractivity contribution in [3.05, 3.63) is 72.7 Å². The lowest BCUT2D eigenvalue weighted by Crippen LogP contribution is -2.31. The number of para-hydroxylation sites is 1. The molecule has 0 aliphatic carbocycles. The third-order valence-corrected chi connectivity index (χ3v) is 5.30. The molecule has 0 saturated carbocycles. The standard InChI is InChI=1S/C21H16N5/c1-24-17-10-6-12-23-18(17)19-21(24)26(14-7-3-2-4-8-14)20-15-9-5-11-22-16(15)13-25(19)20/h2-12H,13H2,1H3/q+1. The van der Waals surface area contributed by atoms with Gasteiger partial charge in [0, 0.05) is 19.4 Å². The molecule has 1 aromatic carbocycles. The minimum absolute atomic E-state index is 0.775. The largest absolute Gasteiger partial charge is 0.306 e. The molecule has 0 unspecified atom stereocenters. The highest BCUT2D eigenvalue weighted by Crippen LogP contribution is 2.36. The summed E-state index contributed by atoms with van der Waals surface area (Å²) in [5, 5.41) is 0. The summed E-state index contributed by atoms with van der Waals surface area (Å²) in [5.41, 5.74) is 7.96. The van der Waals surface area contributed by atoms with E-state index in [0.29, 0.717) is 0 Å². The van der Waals surface area contributed by atoms with Gasteiger partial charge in [-0.3, -0.25) is 4.98 Å². The molecule has 0 radical (unpaired) electrons. The SMILES string of the molecule is Cn1c2cccnc2c2c1n(-c1ccccc1)c1[n+]2Cc2ncccc2-1. The van der Waals surface area contributed by atoms with Gasteiger partial charge < -0.3 is 4.57 Å². The van der Waals surface area contributed by atoms with E-state index in [2.05, 4.69) is 68.2 Å². The highest BCUT2D eigenvalue weighted by atomic mass is 15.3. The van der Waals surface area contributed by atoms with Crippen LogP contribution in [0.1, 0.15) is 5.69 Å². The average Bonchev–Trinajstić information content (AvgIpc) is 3.31. The molecule has 6 rings (SSSR count). The Morgan fingerprint density at radius 2 is 1.73 bits per heavy atom. The number of pyridine rings is 2. The first-order valence-corrected chi connectivity index (χ1v) is 8.72. The summed E-state index contributed by atoms with van der Waals surface area (Å²) in [6, 6.07) is 18.8. The molecule has 124 valence electrons. The Hall–Kier alpha value is -3.47. The van der Waals surface area contributed by atoms with Gasteiger partial charge in [0.05, 0.1) is 16.8 Å². The highest BCUT2D eigenvalue weighted by molar-refractivity contribution is 6.01. The predicted octanol–water partition coefficient (Wildman–Crippen LogP) is 3.23. The van der Waals surface area contributed by atoms with Crippen LogP contribution >= 0.6 is 0 Å². The number of fused-ring (bicyclic) bond motifs is 7. The summed E-state index contributed by atoms with van der Waals surface area (Å²) in [6.07, 6.45) is 3.74. The summed E-state index contributed by atoms with van der Waals surface area (Å²) < 4.78 is 6.94. The van der Waals surface area contributed by atoms with E-state index in [-0.39, 0.29) is 0 Å². The quantitative estimate of drug-likeness (QED) is 0.432. The van der Waals surface area contributed by atoms with Crippen LogP contribution in [0.15, 0.2) is 67.0 Å². The Labute approximate surface area is 149 Å². The minimum atomic E-state index is 0.775. The fourth-order valence-corrected chi connectivity index (χ4v) is 4.22. The van der Waals surface area contributed by atoms with Gasteiger partial charge in [-0.05, 0) is 36.4 Å². The zero-order valence-electron chi connectivity index (χ0n) is 14.3. The van der Waals surface area contributed by atoms with E-state index in [4.69, 9.17) is 4.98 Å². The maximum Gasteiger partial charge on any atom is 0.298 e. The van der Waals surface area contributed by atoms with Crippen LogP contribution in [0.5, 0.6) is 0 Å². The van der Waals surface area contributed by atoms with Gasteiger partial charge in [-0.15, -0.1) is 0 Å². The summed E-state index contributed by atoms with van der Waals surface area (Å²) in [5.74, 6) is 1.17. The lowest BCUT2D eigenvalue weighted by Gasteiger charge is -2.03. The summed E-state index contributed by atoms with van der Waals surface area (Å²) in [4.78, 5) is 9.32. The molecule has 1 aliphatic heterocycles. The van der Waals surface area contributed by atoms with Crippen molar-refractivity contribution in [1.82, 2.24) is 19.1 Å². The van der Waals surface area contributed by atoms with Crippen LogP contribution in [0.3, 0.4) is 0 Å². The molecule has 0 atom stereocenters. The van der Waals surface area contributed by atoms with Crippen molar-refractivity contribution in [3.8, 4) is 17.1 Å². The molecule has 5 heteroatoms. The van der Waals surface area contributed by atoms with Gasteiger partial charge in [0.2, 0.25) is 5.52 Å². The fraction of sp³-hybridized carbons (Fsp3) is 0.0952. The van der Waals surface area contributed by atoms with Crippen molar-refractivity contribution in [2.24, 2.45) is 7.05 Å². The summed E-state index contributed by atoms with van der Waals surface area (Å²) in [7, 11) is 2.12. The molecule has 26 heavy (non-hydrogen) atoms. The van der Waals surface area contributed by atoms with Crippen molar-refractivity contribution in [1.29, 1.82) is 0 Å². The van der Waals surface area contributed by atoms with Gasteiger partial charge in [0.25, 0.3) is 11.5 Å². The van der Waals surface area contributed by atoms with Gasteiger partial charge in [-0.1, -0.05) is 18.2 Å². The molecule has 0 N–H and O–H groups in total. The number of aryl methyl sites for hydroxylation is 1. The fourth-order valence-electron chi connectivity index (χ4n) is 4.22. The van der Waals surface area contributed by atoms with E-state index in [0.717, 1.165) is 34.6 Å². The number of benzene rings is 1. The van der Waals surface area contributed by atoms with E-state index >= 15 is 0 Å². The smallest absolute Gasteiger partial charge is 0.298 e. The van der Waals surface area contributed by atoms with E-state index in [1.807, 2.05) is 24.5 Å². The second-order valence-electron chi connectivity index (χ2n) is 6.68. The van der Waals surface area contributed by atoms with Crippen LogP contribution in [0.2, 0.25) is 0 Å². The second-order valence-corrected chi connectivity index (χ2v) is 6.68. The van der Waals surface area contributed by atoms with E-state index < -0.39 is 0 Å². The van der Waals surface area contributed by atoms with Crippen LogP contribution in [0.25, 0.3) is 39.3 Å². The molecule has 5 nitrogen and oxygen atoms in total. The van der Waals surface area contributed by atoms with E-state index in [1.165, 1.54) is 16.9 Å². The van der Waals surface area contributed by atoms with Crippen molar-refractivity contribution in [2.45, 2.75) is 6.54 Å². The maximum atomic E-state index is 4.70. The van der Waals surface area contributed by atoms with Crippen molar-refractivity contribution < 1.29 is 4.57 Å². The molecule has 0 saturated heterocycles. The third kappa shape index (κ3) is 1.57. The molecular weight excluding hydrogens is 322 g/mol. The van der Waals surface area contributed by atoms with Crippen LogP contribution < -0.4 is 4.57 Å². The molecule has 5 aromatic rings. The first-order valence-electron chi connectivity index (χ1n) is 8.72. The van der Waals surface area contributed by atoms with Crippen LogP contribution in [0, 0.1) is 0 Å². The van der Waals surface area contributed by atoms with Crippen LogP contribution in [-0.4, -0.2) is 19.1 Å². The normalized spacial score (nSPS) is 12.7. The Bertz CT molecular complexity index is 1310. The lowest BCUT2D eigenvalue weighted by molar-refractivity contribution is -0.645. The zero-order valence-corrected chi connectivity index (χ0v) is 14.3. The Kier molecular flexibility index (Phi) is 2.54. The number of hydrogen-bond acceptors (Lipinski definition) is 2. The minimum Gasteiger partial charge on any atom is -0.306 e. The van der Waals surface area contributed by atoms with Crippen molar-refractivity contribution in [2.75, 3.05) is 0 Å². The average molecular weight is 338 g/mol. The van der Waals surface area contributed by atoms with Crippen molar-refractivity contribution >= 4 is 22.2 Å². The molecule has 4 aromatic heterocycles. The number of nitrogens with zero attached hydrogens (tertiary/aromatic N) is 5. The highest BCUT2D eigenvalue weighted by Gasteiger charge is 2.38. The van der Waals surface area contributed by atoms with E-state index in [9.17, 15) is 0 Å². The Morgan fingerprint density at radius 3 is 2.62 bits per heavy atom. The third-order valence-electron chi connectivity index (χ3n) is 5.30. The van der Waals surface area contributed by atoms with Gasteiger partial charge in [0.1, 0.15) is 17.7 Å². The number of hydrogen-bond donors (Lipinski definition) is 0. The number of aromatic nitrogens is 5. The summed E-state index contributed by atoms with van der Waals surface area (Å²) in [6.45, 7) is 0.775. The zero-order chi connectivity index (χ0) is 17.3. The number of imidazole rings is 1. The van der Waals surface area contributed by atoms with E-state index in [1.54, 1.807) is 0 Å². The van der Waals surface area contributed by atoms with Gasteiger partial charge in [0.15, 0.2) is 0 Å². The second kappa shape index (κ2) is 4.79. The molecule has 0 amide bonds. The Morgan fingerprint density at radius 1 is 0.923 bits per heavy atom. The first-order chi connectivity index (χ1) is 12.8. The lowest BCUT2D eigenvalue weighted by atomic mass is 10.2. The van der Waals surface area contributed by atoms with Gasteiger partial charge in [-0.25, -0.2) is 9.55 Å². The molecule has 0 spiro atoms. The van der Waals surface area contributed by atoms with Crippen molar-refractivity contribution in [3.63, 3.8) is 0 Å². The van der Waals surface area contributed by atoms with Crippen LogP contribution in [-0.2, 0) is 13.6 Å². The van der Waals surface area contributed by atoms with Gasteiger partial charge >= 0.3 is 0 Å². The first kappa shape index (κ1) is 13.8.